The van der Waals surface area contributed by atoms with Gasteiger partial charge >= 0.3 is 5.97 Å². The summed E-state index contributed by atoms with van der Waals surface area (Å²) in [5, 5.41) is 8.86. The Morgan fingerprint density at radius 3 is 2.50 bits per heavy atom. The molecule has 0 saturated carbocycles. The Morgan fingerprint density at radius 1 is 1.35 bits per heavy atom. The van der Waals surface area contributed by atoms with E-state index in [-0.39, 0.29) is 0 Å². The molecule has 0 aliphatic heterocycles. The van der Waals surface area contributed by atoms with Crippen LogP contribution in [-0.2, 0) is 11.3 Å². The van der Waals surface area contributed by atoms with Crippen LogP contribution in [0.1, 0.15) is 22.3 Å². The predicted octanol–water partition coefficient (Wildman–Crippen LogP) is 1.51. The molecule has 3 N–H and O–H groups in total. The summed E-state index contributed by atoms with van der Waals surface area (Å²) in [7, 11) is 1.66. The number of rotatable bonds is 9. The van der Waals surface area contributed by atoms with Gasteiger partial charge in [-0.25, -0.2) is 4.79 Å². The highest BCUT2D eigenvalue weighted by Crippen LogP contribution is 2.08. The van der Waals surface area contributed by atoms with Gasteiger partial charge in [-0.15, -0.1) is 0 Å². The molecule has 0 aromatic heterocycles. The largest absolute Gasteiger partial charge is 0.478 e. The fourth-order valence-electron chi connectivity index (χ4n) is 1.77. The van der Waals surface area contributed by atoms with E-state index in [1.54, 1.807) is 19.2 Å². The summed E-state index contributed by atoms with van der Waals surface area (Å²) < 4.78 is 5.08. The Bertz CT molecular complexity index is 448. The fraction of sp³-hybridized carbons (Fsp3) is 0.429. The number of carboxylic acids is 1. The molecule has 0 bridgehead atoms. The lowest BCUT2D eigenvalue weighted by Gasteiger charge is -2.21. The third-order valence-corrected chi connectivity index (χ3v) is 3.10. The molecule has 0 heterocycles. The number of benzene rings is 1. The lowest BCUT2D eigenvalue weighted by Crippen LogP contribution is -2.30. The van der Waals surface area contributed by atoms with Crippen LogP contribution >= 0.6 is 12.2 Å². The molecule has 20 heavy (non-hydrogen) atoms. The average molecular weight is 296 g/mol. The first-order chi connectivity index (χ1) is 9.52. The number of ether oxygens (including phenoxy) is 1. The number of nitrogens with two attached hydrogens (primary N) is 1. The lowest BCUT2D eigenvalue weighted by molar-refractivity contribution is 0.0697. The number of carbonyl (C=O) groups is 1. The maximum absolute atomic E-state index is 10.8. The molecule has 1 aromatic rings. The molecule has 110 valence electrons. The van der Waals surface area contributed by atoms with E-state index in [0.717, 1.165) is 18.7 Å². The van der Waals surface area contributed by atoms with Gasteiger partial charge in [0.2, 0.25) is 0 Å². The Kier molecular flexibility index (Phi) is 7.14. The minimum atomic E-state index is -0.915. The summed E-state index contributed by atoms with van der Waals surface area (Å²) >= 11 is 4.89. The smallest absolute Gasteiger partial charge is 0.335 e. The second kappa shape index (κ2) is 8.63. The third-order valence-electron chi connectivity index (χ3n) is 2.89. The van der Waals surface area contributed by atoms with Crippen molar-refractivity contribution in [3.05, 3.63) is 35.4 Å². The van der Waals surface area contributed by atoms with Crippen molar-refractivity contribution in [3.8, 4) is 0 Å². The second-order valence-electron chi connectivity index (χ2n) is 4.49. The second-order valence-corrected chi connectivity index (χ2v) is 5.01. The topological polar surface area (TPSA) is 75.8 Å². The minimum absolute atomic E-state index is 0.292. The van der Waals surface area contributed by atoms with E-state index in [1.807, 2.05) is 12.1 Å². The SMILES string of the molecule is COCCN(CCC(N)=S)Cc1ccc(C(=O)O)cc1. The van der Waals surface area contributed by atoms with Crippen molar-refractivity contribution in [3.63, 3.8) is 0 Å². The lowest BCUT2D eigenvalue weighted by atomic mass is 10.1. The zero-order chi connectivity index (χ0) is 15.0. The van der Waals surface area contributed by atoms with E-state index in [4.69, 9.17) is 27.8 Å². The van der Waals surface area contributed by atoms with Gasteiger partial charge < -0.3 is 15.6 Å². The maximum Gasteiger partial charge on any atom is 0.335 e. The standard InChI is InChI=1S/C14H20N2O3S/c1-19-9-8-16(7-6-13(15)20)10-11-2-4-12(5-3-11)14(17)18/h2-5H,6-10H2,1H3,(H2,15,20)(H,17,18). The first-order valence-electron chi connectivity index (χ1n) is 6.34. The summed E-state index contributed by atoms with van der Waals surface area (Å²) in [5.41, 5.74) is 6.87. The number of nitrogens with zero attached hydrogens (tertiary/aromatic N) is 1. The normalized spacial score (nSPS) is 10.7. The van der Waals surface area contributed by atoms with Gasteiger partial charge in [0, 0.05) is 33.2 Å². The van der Waals surface area contributed by atoms with Crippen LogP contribution in [0.25, 0.3) is 0 Å². The number of thiocarbonyl (C=S) groups is 1. The zero-order valence-electron chi connectivity index (χ0n) is 11.5. The van der Waals surface area contributed by atoms with E-state index in [0.29, 0.717) is 30.1 Å². The molecule has 0 aliphatic rings. The molecule has 0 fully saturated rings. The van der Waals surface area contributed by atoms with E-state index in [1.165, 1.54) is 0 Å². The molecule has 0 unspecified atom stereocenters. The van der Waals surface area contributed by atoms with Crippen molar-refractivity contribution >= 4 is 23.2 Å². The molecule has 0 radical (unpaired) electrons. The van der Waals surface area contributed by atoms with E-state index >= 15 is 0 Å². The minimum Gasteiger partial charge on any atom is -0.478 e. The van der Waals surface area contributed by atoms with Crippen LogP contribution in [0.15, 0.2) is 24.3 Å². The summed E-state index contributed by atoms with van der Waals surface area (Å²) in [6.07, 6.45) is 0.659. The van der Waals surface area contributed by atoms with Gasteiger partial charge in [0.25, 0.3) is 0 Å². The first-order valence-corrected chi connectivity index (χ1v) is 6.75. The first kappa shape index (κ1) is 16.6. The van der Waals surface area contributed by atoms with Crippen LogP contribution in [0.3, 0.4) is 0 Å². The average Bonchev–Trinajstić information content (AvgIpc) is 2.42. The summed E-state index contributed by atoms with van der Waals surface area (Å²) in [6.45, 7) is 2.88. The van der Waals surface area contributed by atoms with Crippen molar-refractivity contribution in [2.75, 3.05) is 26.8 Å². The maximum atomic E-state index is 10.8. The van der Waals surface area contributed by atoms with Gasteiger partial charge in [-0.2, -0.15) is 0 Å². The summed E-state index contributed by atoms with van der Waals surface area (Å²) in [6, 6.07) is 6.87. The van der Waals surface area contributed by atoms with Crippen LogP contribution in [-0.4, -0.2) is 47.8 Å². The zero-order valence-corrected chi connectivity index (χ0v) is 12.4. The Labute approximate surface area is 124 Å². The Hall–Kier alpha value is -1.50. The summed E-state index contributed by atoms with van der Waals surface area (Å²) in [5.74, 6) is -0.915. The fourth-order valence-corrected chi connectivity index (χ4v) is 1.86. The highest BCUT2D eigenvalue weighted by molar-refractivity contribution is 7.80. The molecule has 0 atom stereocenters. The van der Waals surface area contributed by atoms with Gasteiger partial charge in [-0.3, -0.25) is 4.90 Å². The van der Waals surface area contributed by atoms with Crippen molar-refractivity contribution in [1.29, 1.82) is 0 Å². The van der Waals surface area contributed by atoms with Crippen LogP contribution in [0.5, 0.6) is 0 Å². The number of hydrogen-bond donors (Lipinski definition) is 2. The molecule has 0 saturated heterocycles. The van der Waals surface area contributed by atoms with Gasteiger partial charge in [0.1, 0.15) is 0 Å². The predicted molar refractivity (Wildman–Crippen MR) is 82.0 cm³/mol. The third kappa shape index (κ3) is 6.10. The number of carboxylic acid groups (broad SMARTS) is 1. The van der Waals surface area contributed by atoms with Gasteiger partial charge in [0.05, 0.1) is 17.2 Å². The molecule has 1 rings (SSSR count). The van der Waals surface area contributed by atoms with Crippen molar-refractivity contribution in [2.24, 2.45) is 5.73 Å². The van der Waals surface area contributed by atoms with Crippen molar-refractivity contribution < 1.29 is 14.6 Å². The highest BCUT2D eigenvalue weighted by Gasteiger charge is 2.08. The highest BCUT2D eigenvalue weighted by atomic mass is 32.1. The molecule has 1 aromatic carbocycles. The Morgan fingerprint density at radius 2 is 2.00 bits per heavy atom. The molecular weight excluding hydrogens is 276 g/mol. The van der Waals surface area contributed by atoms with Crippen molar-refractivity contribution in [2.45, 2.75) is 13.0 Å². The van der Waals surface area contributed by atoms with Crippen molar-refractivity contribution in [1.82, 2.24) is 4.90 Å². The van der Waals surface area contributed by atoms with Gasteiger partial charge in [-0.05, 0) is 17.7 Å². The molecule has 6 heteroatoms. The molecule has 0 spiro atoms. The quantitative estimate of drug-likeness (QED) is 0.673. The van der Waals surface area contributed by atoms with E-state index < -0.39 is 5.97 Å². The summed E-state index contributed by atoms with van der Waals surface area (Å²) in [4.78, 5) is 13.5. The van der Waals surface area contributed by atoms with Crippen LogP contribution in [0.2, 0.25) is 0 Å². The van der Waals surface area contributed by atoms with Crippen LogP contribution in [0.4, 0.5) is 0 Å². The molecule has 0 amide bonds. The van der Waals surface area contributed by atoms with Gasteiger partial charge in [0.15, 0.2) is 0 Å². The monoisotopic (exact) mass is 296 g/mol. The number of aromatic carboxylic acids is 1. The van der Waals surface area contributed by atoms with Crippen LogP contribution < -0.4 is 5.73 Å². The van der Waals surface area contributed by atoms with E-state index in [9.17, 15) is 4.79 Å². The van der Waals surface area contributed by atoms with Gasteiger partial charge in [-0.1, -0.05) is 24.4 Å². The number of methoxy groups -OCH3 is 1. The van der Waals surface area contributed by atoms with Crippen LogP contribution in [0, 0.1) is 0 Å². The molecular formula is C14H20N2O3S. The molecule has 5 nitrogen and oxygen atoms in total. The van der Waals surface area contributed by atoms with E-state index in [2.05, 4.69) is 4.90 Å². The Balaban J connectivity index is 2.62. The molecule has 0 aliphatic carbocycles. The number of hydrogen-bond acceptors (Lipinski definition) is 4.